The van der Waals surface area contributed by atoms with Crippen LogP contribution in [-0.2, 0) is 4.79 Å². The summed E-state index contributed by atoms with van der Waals surface area (Å²) in [6, 6.07) is 4.23. The first-order valence-electron chi connectivity index (χ1n) is 6.05. The van der Waals surface area contributed by atoms with Gasteiger partial charge >= 0.3 is 0 Å². The van der Waals surface area contributed by atoms with E-state index < -0.39 is 10.8 Å². The minimum atomic E-state index is -0.601. The zero-order chi connectivity index (χ0) is 14.7. The normalized spacial score (nSPS) is 14.7. The van der Waals surface area contributed by atoms with Gasteiger partial charge in [-0.15, -0.1) is 0 Å². The lowest BCUT2D eigenvalue weighted by molar-refractivity contribution is -0.385. The molecule has 1 aromatic rings. The highest BCUT2D eigenvalue weighted by Gasteiger charge is 2.28. The standard InChI is InChI=1S/C12H14N4O4/c1-13-8-2-3-10(16(19)20)9(6-8)12(18)15-5-4-14-11(17)7-15/h2-3,6,13H,4-5,7H2,1H3,(H,14,17). The summed E-state index contributed by atoms with van der Waals surface area (Å²) in [6.45, 7) is 0.607. The summed E-state index contributed by atoms with van der Waals surface area (Å²) in [5, 5.41) is 16.4. The van der Waals surface area contributed by atoms with Crippen molar-refractivity contribution in [2.75, 3.05) is 32.0 Å². The van der Waals surface area contributed by atoms with E-state index in [0.29, 0.717) is 18.8 Å². The van der Waals surface area contributed by atoms with Crippen LogP contribution in [0.15, 0.2) is 18.2 Å². The van der Waals surface area contributed by atoms with E-state index in [2.05, 4.69) is 10.6 Å². The van der Waals surface area contributed by atoms with Gasteiger partial charge < -0.3 is 15.5 Å². The SMILES string of the molecule is CNc1ccc([N+](=O)[O-])c(C(=O)N2CCNC(=O)C2)c1. The van der Waals surface area contributed by atoms with E-state index in [1.165, 1.54) is 23.1 Å². The minimum Gasteiger partial charge on any atom is -0.388 e. The van der Waals surface area contributed by atoms with Crippen LogP contribution in [0, 0.1) is 10.1 Å². The van der Waals surface area contributed by atoms with Crippen molar-refractivity contribution in [2.45, 2.75) is 0 Å². The lowest BCUT2D eigenvalue weighted by Gasteiger charge is -2.26. The maximum Gasteiger partial charge on any atom is 0.282 e. The number of nitro benzene ring substituents is 1. The highest BCUT2D eigenvalue weighted by Crippen LogP contribution is 2.24. The van der Waals surface area contributed by atoms with E-state index in [0.717, 1.165) is 0 Å². The summed E-state index contributed by atoms with van der Waals surface area (Å²) >= 11 is 0. The molecule has 2 amide bonds. The lowest BCUT2D eigenvalue weighted by Crippen LogP contribution is -2.50. The van der Waals surface area contributed by atoms with Gasteiger partial charge in [0, 0.05) is 31.9 Å². The van der Waals surface area contributed by atoms with Gasteiger partial charge in [0.05, 0.1) is 11.5 Å². The average Bonchev–Trinajstić information content (AvgIpc) is 2.45. The zero-order valence-electron chi connectivity index (χ0n) is 10.9. The zero-order valence-corrected chi connectivity index (χ0v) is 10.9. The molecular weight excluding hydrogens is 264 g/mol. The fourth-order valence-corrected chi connectivity index (χ4v) is 2.00. The van der Waals surface area contributed by atoms with Crippen LogP contribution in [0.2, 0.25) is 0 Å². The third-order valence-electron chi connectivity index (χ3n) is 3.04. The van der Waals surface area contributed by atoms with Crippen LogP contribution in [0.3, 0.4) is 0 Å². The van der Waals surface area contributed by atoms with E-state index in [1.807, 2.05) is 0 Å². The molecule has 8 nitrogen and oxygen atoms in total. The Morgan fingerprint density at radius 1 is 1.50 bits per heavy atom. The fourth-order valence-electron chi connectivity index (χ4n) is 2.00. The maximum absolute atomic E-state index is 12.4. The Labute approximate surface area is 114 Å². The molecule has 8 heteroatoms. The van der Waals surface area contributed by atoms with Crippen molar-refractivity contribution < 1.29 is 14.5 Å². The highest BCUT2D eigenvalue weighted by atomic mass is 16.6. The quantitative estimate of drug-likeness (QED) is 0.607. The molecule has 0 aromatic heterocycles. The first-order valence-corrected chi connectivity index (χ1v) is 6.05. The Kier molecular flexibility index (Phi) is 3.83. The summed E-state index contributed by atoms with van der Waals surface area (Å²) in [5.41, 5.74) is 0.317. The fraction of sp³-hybridized carbons (Fsp3) is 0.333. The number of hydrogen-bond donors (Lipinski definition) is 2. The second-order valence-corrected chi connectivity index (χ2v) is 4.32. The Balaban J connectivity index is 2.36. The average molecular weight is 278 g/mol. The number of nitrogens with one attached hydrogen (secondary N) is 2. The molecule has 0 atom stereocenters. The Hall–Kier alpha value is -2.64. The molecule has 1 heterocycles. The molecular formula is C12H14N4O4. The third kappa shape index (κ3) is 2.68. The van der Waals surface area contributed by atoms with Crippen molar-refractivity contribution in [1.82, 2.24) is 10.2 Å². The number of nitro groups is 1. The van der Waals surface area contributed by atoms with Crippen molar-refractivity contribution >= 4 is 23.2 Å². The van der Waals surface area contributed by atoms with Crippen molar-refractivity contribution in [3.63, 3.8) is 0 Å². The topological polar surface area (TPSA) is 105 Å². The number of benzene rings is 1. The second kappa shape index (κ2) is 5.55. The van der Waals surface area contributed by atoms with Crippen molar-refractivity contribution in [2.24, 2.45) is 0 Å². The van der Waals surface area contributed by atoms with E-state index >= 15 is 0 Å². The summed E-state index contributed by atoms with van der Waals surface area (Å²) in [4.78, 5) is 35.4. The van der Waals surface area contributed by atoms with Gasteiger partial charge in [0.2, 0.25) is 5.91 Å². The number of carbonyl (C=O) groups is 2. The lowest BCUT2D eigenvalue weighted by atomic mass is 10.1. The van der Waals surface area contributed by atoms with E-state index in [1.54, 1.807) is 7.05 Å². The van der Waals surface area contributed by atoms with Gasteiger partial charge in [-0.25, -0.2) is 0 Å². The molecule has 0 radical (unpaired) electrons. The second-order valence-electron chi connectivity index (χ2n) is 4.32. The number of anilines is 1. The van der Waals surface area contributed by atoms with Crippen LogP contribution in [0.4, 0.5) is 11.4 Å². The van der Waals surface area contributed by atoms with Gasteiger partial charge in [-0.3, -0.25) is 19.7 Å². The molecule has 20 heavy (non-hydrogen) atoms. The van der Waals surface area contributed by atoms with Gasteiger partial charge in [-0.2, -0.15) is 0 Å². The number of nitrogens with zero attached hydrogens (tertiary/aromatic N) is 2. The smallest absolute Gasteiger partial charge is 0.282 e. The van der Waals surface area contributed by atoms with Crippen molar-refractivity contribution in [1.29, 1.82) is 0 Å². The molecule has 1 aliphatic heterocycles. The number of amides is 2. The number of piperazine rings is 1. The molecule has 1 aliphatic rings. The molecule has 0 unspecified atom stereocenters. The molecule has 106 valence electrons. The van der Waals surface area contributed by atoms with E-state index in [9.17, 15) is 19.7 Å². The highest BCUT2D eigenvalue weighted by molar-refractivity contribution is 6.01. The van der Waals surface area contributed by atoms with E-state index in [-0.39, 0.29) is 23.7 Å². The van der Waals surface area contributed by atoms with Crippen LogP contribution in [-0.4, -0.2) is 48.3 Å². The molecule has 2 N–H and O–H groups in total. The van der Waals surface area contributed by atoms with Gasteiger partial charge in [-0.1, -0.05) is 0 Å². The van der Waals surface area contributed by atoms with Gasteiger partial charge in [0.1, 0.15) is 5.56 Å². The predicted octanol–water partition coefficient (Wildman–Crippen LogP) is 0.208. The first-order chi connectivity index (χ1) is 9.52. The molecule has 0 aliphatic carbocycles. The monoisotopic (exact) mass is 278 g/mol. The van der Waals surface area contributed by atoms with Crippen LogP contribution in [0.25, 0.3) is 0 Å². The van der Waals surface area contributed by atoms with Gasteiger partial charge in [-0.05, 0) is 12.1 Å². The molecule has 2 rings (SSSR count). The van der Waals surface area contributed by atoms with Gasteiger partial charge in [0.15, 0.2) is 0 Å². The van der Waals surface area contributed by atoms with Gasteiger partial charge in [0.25, 0.3) is 11.6 Å². The number of carbonyl (C=O) groups excluding carboxylic acids is 2. The van der Waals surface area contributed by atoms with E-state index in [4.69, 9.17) is 0 Å². The molecule has 0 spiro atoms. The Morgan fingerprint density at radius 3 is 2.85 bits per heavy atom. The summed E-state index contributed by atoms with van der Waals surface area (Å²) < 4.78 is 0. The molecule has 1 aromatic carbocycles. The summed E-state index contributed by atoms with van der Waals surface area (Å²) in [5.74, 6) is -0.777. The molecule has 0 bridgehead atoms. The van der Waals surface area contributed by atoms with Crippen LogP contribution < -0.4 is 10.6 Å². The van der Waals surface area contributed by atoms with Crippen molar-refractivity contribution in [3.8, 4) is 0 Å². The molecule has 1 saturated heterocycles. The number of rotatable bonds is 3. The van der Waals surface area contributed by atoms with Crippen molar-refractivity contribution in [3.05, 3.63) is 33.9 Å². The van der Waals surface area contributed by atoms with Crippen LogP contribution >= 0.6 is 0 Å². The predicted molar refractivity (Wildman–Crippen MR) is 71.6 cm³/mol. The third-order valence-corrected chi connectivity index (χ3v) is 3.04. The molecule has 1 fully saturated rings. The Morgan fingerprint density at radius 2 is 2.25 bits per heavy atom. The molecule has 0 saturated carbocycles. The van der Waals surface area contributed by atoms with Crippen LogP contribution in [0.5, 0.6) is 0 Å². The summed E-state index contributed by atoms with van der Waals surface area (Å²) in [7, 11) is 1.66. The largest absolute Gasteiger partial charge is 0.388 e. The Bertz CT molecular complexity index is 573. The number of hydrogen-bond acceptors (Lipinski definition) is 5. The summed E-state index contributed by atoms with van der Waals surface area (Å²) in [6.07, 6.45) is 0. The first kappa shape index (κ1) is 13.8. The minimum absolute atomic E-state index is 0.0171. The van der Waals surface area contributed by atoms with Crippen LogP contribution in [0.1, 0.15) is 10.4 Å². The maximum atomic E-state index is 12.4.